The number of amides is 1. The van der Waals surface area contributed by atoms with Gasteiger partial charge in [0.1, 0.15) is 5.01 Å². The van der Waals surface area contributed by atoms with Crippen molar-refractivity contribution in [3.63, 3.8) is 0 Å². The molecule has 4 rings (SSSR count). The molecular formula is C18H23N3O2S. The smallest absolute Gasteiger partial charge is 0.227 e. The van der Waals surface area contributed by atoms with Crippen LogP contribution in [0.3, 0.4) is 0 Å². The van der Waals surface area contributed by atoms with Gasteiger partial charge in [0.15, 0.2) is 0 Å². The van der Waals surface area contributed by atoms with Crippen molar-refractivity contribution in [3.05, 3.63) is 29.3 Å². The second-order valence-electron chi connectivity index (χ2n) is 6.59. The van der Waals surface area contributed by atoms with Crippen LogP contribution in [0.1, 0.15) is 17.8 Å². The number of fused-ring (bicyclic) bond motifs is 1. The minimum absolute atomic E-state index is 0.131. The molecule has 24 heavy (non-hydrogen) atoms. The number of hydrogen-bond donors (Lipinski definition) is 0. The summed E-state index contributed by atoms with van der Waals surface area (Å²) in [5.41, 5.74) is 1.08. The SMILES string of the molecule is O=C([C@@H]1CCCN(Cc2nc3ccccc3s2)C1)N1CCOCC1. The zero-order chi connectivity index (χ0) is 16.4. The van der Waals surface area contributed by atoms with E-state index >= 15 is 0 Å². The van der Waals surface area contributed by atoms with Crippen molar-refractivity contribution < 1.29 is 9.53 Å². The molecule has 1 aromatic heterocycles. The van der Waals surface area contributed by atoms with Crippen LogP contribution >= 0.6 is 11.3 Å². The van der Waals surface area contributed by atoms with Crippen molar-refractivity contribution in [3.8, 4) is 0 Å². The Labute approximate surface area is 146 Å². The topological polar surface area (TPSA) is 45.7 Å². The van der Waals surface area contributed by atoms with E-state index in [-0.39, 0.29) is 5.92 Å². The van der Waals surface area contributed by atoms with Crippen LogP contribution in [-0.4, -0.2) is 60.1 Å². The van der Waals surface area contributed by atoms with E-state index < -0.39 is 0 Å². The normalized spacial score (nSPS) is 22.8. The van der Waals surface area contributed by atoms with E-state index in [0.29, 0.717) is 19.1 Å². The maximum absolute atomic E-state index is 12.7. The molecule has 1 amide bonds. The zero-order valence-electron chi connectivity index (χ0n) is 13.8. The summed E-state index contributed by atoms with van der Waals surface area (Å²) in [5, 5.41) is 1.15. The van der Waals surface area contributed by atoms with Crippen molar-refractivity contribution >= 4 is 27.5 Å². The van der Waals surface area contributed by atoms with Gasteiger partial charge in [0.2, 0.25) is 5.91 Å². The number of aromatic nitrogens is 1. The predicted molar refractivity (Wildman–Crippen MR) is 95.0 cm³/mol. The highest BCUT2D eigenvalue weighted by atomic mass is 32.1. The molecule has 2 aliphatic rings. The minimum Gasteiger partial charge on any atom is -0.378 e. The predicted octanol–water partition coefficient (Wildman–Crippen LogP) is 2.37. The van der Waals surface area contributed by atoms with Crippen LogP contribution in [-0.2, 0) is 16.1 Å². The van der Waals surface area contributed by atoms with E-state index in [1.165, 1.54) is 4.70 Å². The van der Waals surface area contributed by atoms with E-state index in [2.05, 4.69) is 23.1 Å². The highest BCUT2D eigenvalue weighted by molar-refractivity contribution is 7.18. The lowest BCUT2D eigenvalue weighted by Gasteiger charge is -2.35. The second kappa shape index (κ2) is 7.17. The number of ether oxygens (including phenoxy) is 1. The van der Waals surface area contributed by atoms with Gasteiger partial charge >= 0.3 is 0 Å². The number of nitrogens with zero attached hydrogens (tertiary/aromatic N) is 3. The number of benzene rings is 1. The average Bonchev–Trinajstić information content (AvgIpc) is 3.04. The maximum atomic E-state index is 12.7. The standard InChI is InChI=1S/C18H23N3O2S/c22-18(21-8-10-23-11-9-21)14-4-3-7-20(12-14)13-17-19-15-5-1-2-6-16(15)24-17/h1-2,5-6,14H,3-4,7-13H2/t14-/m1/s1. The van der Waals surface area contributed by atoms with Crippen molar-refractivity contribution in [1.29, 1.82) is 0 Å². The first-order chi connectivity index (χ1) is 11.8. The molecule has 128 valence electrons. The number of morpholine rings is 1. The summed E-state index contributed by atoms with van der Waals surface area (Å²) in [5.74, 6) is 0.443. The second-order valence-corrected chi connectivity index (χ2v) is 7.70. The maximum Gasteiger partial charge on any atom is 0.227 e. The number of hydrogen-bond acceptors (Lipinski definition) is 5. The highest BCUT2D eigenvalue weighted by Gasteiger charge is 2.30. The first-order valence-electron chi connectivity index (χ1n) is 8.73. The molecule has 6 heteroatoms. The van der Waals surface area contributed by atoms with Gasteiger partial charge in [0, 0.05) is 19.6 Å². The van der Waals surface area contributed by atoms with E-state index in [1.54, 1.807) is 11.3 Å². The Kier molecular flexibility index (Phi) is 4.78. The average molecular weight is 345 g/mol. The van der Waals surface area contributed by atoms with Crippen LogP contribution < -0.4 is 0 Å². The van der Waals surface area contributed by atoms with Crippen molar-refractivity contribution in [2.75, 3.05) is 39.4 Å². The summed E-state index contributed by atoms with van der Waals surface area (Å²) in [4.78, 5) is 21.8. The van der Waals surface area contributed by atoms with Gasteiger partial charge in [-0.3, -0.25) is 9.69 Å². The quantitative estimate of drug-likeness (QED) is 0.857. The molecule has 2 aromatic rings. The molecule has 0 N–H and O–H groups in total. The fraction of sp³-hybridized carbons (Fsp3) is 0.556. The highest BCUT2D eigenvalue weighted by Crippen LogP contribution is 2.25. The number of piperidine rings is 1. The van der Waals surface area contributed by atoms with E-state index in [9.17, 15) is 4.79 Å². The summed E-state index contributed by atoms with van der Waals surface area (Å²) in [6.45, 7) is 5.60. The van der Waals surface area contributed by atoms with Gasteiger partial charge < -0.3 is 9.64 Å². The minimum atomic E-state index is 0.131. The molecule has 0 radical (unpaired) electrons. The number of carbonyl (C=O) groups excluding carboxylic acids is 1. The van der Waals surface area contributed by atoms with Crippen molar-refractivity contribution in [2.45, 2.75) is 19.4 Å². The molecule has 1 aromatic carbocycles. The lowest BCUT2D eigenvalue weighted by Crippen LogP contribution is -2.48. The zero-order valence-corrected chi connectivity index (χ0v) is 14.6. The van der Waals surface area contributed by atoms with Crippen LogP contribution in [0.2, 0.25) is 0 Å². The number of para-hydroxylation sites is 1. The first-order valence-corrected chi connectivity index (χ1v) is 9.54. The molecule has 2 fully saturated rings. The Morgan fingerprint density at radius 1 is 1.25 bits per heavy atom. The van der Waals surface area contributed by atoms with Crippen molar-refractivity contribution in [2.24, 2.45) is 5.92 Å². The summed E-state index contributed by atoms with van der Waals surface area (Å²) in [6.07, 6.45) is 2.10. The lowest BCUT2D eigenvalue weighted by atomic mass is 9.96. The van der Waals surface area contributed by atoms with Crippen LogP contribution in [0.15, 0.2) is 24.3 Å². The molecule has 0 aliphatic carbocycles. The molecular weight excluding hydrogens is 322 g/mol. The van der Waals surface area contributed by atoms with Gasteiger partial charge in [-0.15, -0.1) is 11.3 Å². The Balaban J connectivity index is 1.40. The largest absolute Gasteiger partial charge is 0.378 e. The van der Waals surface area contributed by atoms with Crippen LogP contribution in [0.5, 0.6) is 0 Å². The number of carbonyl (C=O) groups is 1. The monoisotopic (exact) mass is 345 g/mol. The fourth-order valence-electron chi connectivity index (χ4n) is 3.62. The molecule has 0 bridgehead atoms. The van der Waals surface area contributed by atoms with E-state index in [4.69, 9.17) is 9.72 Å². The third-order valence-electron chi connectivity index (χ3n) is 4.87. The summed E-state index contributed by atoms with van der Waals surface area (Å²) >= 11 is 1.76. The number of rotatable bonds is 3. The molecule has 0 spiro atoms. The Hall–Kier alpha value is -1.50. The van der Waals surface area contributed by atoms with Gasteiger partial charge in [-0.05, 0) is 31.5 Å². The summed E-state index contributed by atoms with van der Waals surface area (Å²) in [7, 11) is 0. The van der Waals surface area contributed by atoms with Gasteiger partial charge in [-0.1, -0.05) is 12.1 Å². The summed E-state index contributed by atoms with van der Waals surface area (Å²) < 4.78 is 6.60. The molecule has 0 saturated carbocycles. The third kappa shape index (κ3) is 3.45. The molecule has 0 unspecified atom stereocenters. The Morgan fingerprint density at radius 2 is 2.08 bits per heavy atom. The van der Waals surface area contributed by atoms with E-state index in [1.807, 2.05) is 11.0 Å². The van der Waals surface area contributed by atoms with Crippen LogP contribution in [0, 0.1) is 5.92 Å². The van der Waals surface area contributed by atoms with Gasteiger partial charge in [-0.2, -0.15) is 0 Å². The van der Waals surface area contributed by atoms with Gasteiger partial charge in [-0.25, -0.2) is 4.98 Å². The number of likely N-dealkylation sites (tertiary alicyclic amines) is 1. The molecule has 3 heterocycles. The lowest BCUT2D eigenvalue weighted by molar-refractivity contribution is -0.141. The molecule has 1 atom stereocenters. The molecule has 2 aliphatic heterocycles. The Morgan fingerprint density at radius 3 is 2.92 bits per heavy atom. The molecule has 2 saturated heterocycles. The van der Waals surface area contributed by atoms with Crippen LogP contribution in [0.4, 0.5) is 0 Å². The van der Waals surface area contributed by atoms with Crippen molar-refractivity contribution in [1.82, 2.24) is 14.8 Å². The van der Waals surface area contributed by atoms with E-state index in [0.717, 1.165) is 56.1 Å². The summed E-state index contributed by atoms with van der Waals surface area (Å²) in [6, 6.07) is 8.28. The Bertz CT molecular complexity index is 678. The third-order valence-corrected chi connectivity index (χ3v) is 5.90. The fourth-order valence-corrected chi connectivity index (χ4v) is 4.63. The number of thiazole rings is 1. The van der Waals surface area contributed by atoms with Crippen LogP contribution in [0.25, 0.3) is 10.2 Å². The first kappa shape index (κ1) is 16.0. The molecule has 5 nitrogen and oxygen atoms in total. The van der Waals surface area contributed by atoms with Gasteiger partial charge in [0.05, 0.1) is 35.9 Å². The van der Waals surface area contributed by atoms with Gasteiger partial charge in [0.25, 0.3) is 0 Å².